The molecule has 0 amide bonds. The Bertz CT molecular complexity index is 33.3. The summed E-state index contributed by atoms with van der Waals surface area (Å²) in [4.78, 5) is 0. The Morgan fingerprint density at radius 1 is 0.643 bits per heavy atom. The third-order valence-corrected chi connectivity index (χ3v) is 1.89. The predicted octanol–water partition coefficient (Wildman–Crippen LogP) is 6.30. The van der Waals surface area contributed by atoms with E-state index in [1.54, 1.807) is 0 Å². The quantitative estimate of drug-likeness (QED) is 0.506. The highest BCUT2D eigenvalue weighted by Gasteiger charge is 1.88. The third-order valence-electron chi connectivity index (χ3n) is 1.89. The van der Waals surface area contributed by atoms with Crippen LogP contribution in [0.15, 0.2) is 0 Å². The first kappa shape index (κ1) is 23.7. The smallest absolute Gasteiger partial charge is 0.0448 e. The average molecular weight is 204 g/mol. The van der Waals surface area contributed by atoms with Gasteiger partial charge >= 0.3 is 0 Å². The van der Waals surface area contributed by atoms with Crippen LogP contribution in [0.3, 0.4) is 0 Å². The fourth-order valence-corrected chi connectivity index (χ4v) is 0.289. The molecular weight excluding hydrogens is 168 g/mol. The molecule has 0 aliphatic rings. The third kappa shape index (κ3) is 58.1. The van der Waals surface area contributed by atoms with E-state index in [4.69, 9.17) is 0 Å². The van der Waals surface area contributed by atoms with Crippen LogP contribution in [0, 0.1) is 5.92 Å². The van der Waals surface area contributed by atoms with E-state index in [0.29, 0.717) is 0 Å². The van der Waals surface area contributed by atoms with E-state index in [1.165, 1.54) is 25.7 Å². The van der Waals surface area contributed by atoms with Gasteiger partial charge in [-0.3, -0.25) is 0 Å². The molecule has 0 saturated carbocycles. The van der Waals surface area contributed by atoms with Crippen molar-refractivity contribution in [3.05, 3.63) is 0 Å². The Morgan fingerprint density at radius 2 is 0.857 bits per heavy atom. The highest BCUT2D eigenvalue weighted by molar-refractivity contribution is 4.41. The lowest BCUT2D eigenvalue weighted by Crippen LogP contribution is -1.85. The van der Waals surface area contributed by atoms with Gasteiger partial charge in [-0.05, 0) is 5.92 Å². The van der Waals surface area contributed by atoms with Crippen LogP contribution in [-0.4, -0.2) is 0 Å². The Kier molecular flexibility index (Phi) is 64.6. The number of unbranched alkanes of at least 4 members (excludes halogenated alkanes) is 1. The van der Waals surface area contributed by atoms with Crippen molar-refractivity contribution in [1.29, 1.82) is 0 Å². The molecule has 0 saturated heterocycles. The Balaban J connectivity index is -0.0000000546. The first-order chi connectivity index (χ1) is 6.72. The normalized spacial score (nSPS) is 7.29. The van der Waals surface area contributed by atoms with Crippen LogP contribution in [0.25, 0.3) is 0 Å². The molecule has 0 bridgehead atoms. The van der Waals surface area contributed by atoms with Crippen LogP contribution >= 0.6 is 0 Å². The lowest BCUT2D eigenvalue weighted by Gasteiger charge is -1.98. The van der Waals surface area contributed by atoms with E-state index in [9.17, 15) is 0 Å². The molecule has 0 heterocycles. The molecule has 0 atom stereocenters. The minimum Gasteiger partial charge on any atom is -0.0683 e. The molecular formula is C14H36. The maximum absolute atomic E-state index is 2.28. The molecule has 0 N–H and O–H groups in total. The summed E-state index contributed by atoms with van der Waals surface area (Å²) in [5.41, 5.74) is 0. The Labute approximate surface area is 94.5 Å². The van der Waals surface area contributed by atoms with Gasteiger partial charge in [0.1, 0.15) is 0 Å². The van der Waals surface area contributed by atoms with Gasteiger partial charge in [0.05, 0.1) is 0 Å². The maximum atomic E-state index is 2.28. The molecule has 0 aromatic carbocycles. The molecule has 0 radical (unpaired) electrons. The molecule has 0 spiro atoms. The molecule has 0 unspecified atom stereocenters. The molecule has 0 aromatic heterocycles. The zero-order valence-electron chi connectivity index (χ0n) is 12.4. The van der Waals surface area contributed by atoms with Crippen molar-refractivity contribution in [2.75, 3.05) is 0 Å². The molecule has 0 nitrogen and oxygen atoms in total. The highest BCUT2D eigenvalue weighted by atomic mass is 13.9. The summed E-state index contributed by atoms with van der Waals surface area (Å²) < 4.78 is 0. The molecule has 0 heteroatoms. The number of rotatable bonds is 3. The van der Waals surface area contributed by atoms with Crippen molar-refractivity contribution >= 4 is 0 Å². The van der Waals surface area contributed by atoms with E-state index >= 15 is 0 Å². The van der Waals surface area contributed by atoms with Gasteiger partial charge in [-0.15, -0.1) is 0 Å². The summed E-state index contributed by atoms with van der Waals surface area (Å²) in [6.45, 7) is 19.1. The van der Waals surface area contributed by atoms with Crippen molar-refractivity contribution in [1.82, 2.24) is 0 Å². The van der Waals surface area contributed by atoms with Gasteiger partial charge in [0.25, 0.3) is 0 Å². The molecule has 0 aliphatic carbocycles. The van der Waals surface area contributed by atoms with Crippen molar-refractivity contribution in [3.63, 3.8) is 0 Å². The summed E-state index contributed by atoms with van der Waals surface area (Å²) >= 11 is 0. The lowest BCUT2D eigenvalue weighted by atomic mass is 10.1. The van der Waals surface area contributed by atoms with Crippen molar-refractivity contribution in [2.24, 2.45) is 5.92 Å². The zero-order chi connectivity index (χ0) is 12.4. The van der Waals surface area contributed by atoms with Gasteiger partial charge in [0.2, 0.25) is 0 Å². The minimum atomic E-state index is 0.935. The molecule has 0 rings (SSSR count). The summed E-state index contributed by atoms with van der Waals surface area (Å²) in [6, 6.07) is 0. The van der Waals surface area contributed by atoms with Gasteiger partial charge in [-0.1, -0.05) is 88.0 Å². The van der Waals surface area contributed by atoms with Crippen molar-refractivity contribution in [3.8, 4) is 0 Å². The summed E-state index contributed by atoms with van der Waals surface area (Å²) in [5.74, 6) is 0.935. The van der Waals surface area contributed by atoms with E-state index in [1.807, 2.05) is 27.7 Å². The number of hydrogen-bond donors (Lipinski definition) is 0. The van der Waals surface area contributed by atoms with Crippen LogP contribution in [0.1, 0.15) is 88.0 Å². The van der Waals surface area contributed by atoms with Gasteiger partial charge in [0.15, 0.2) is 0 Å². The second kappa shape index (κ2) is 38.2. The van der Waals surface area contributed by atoms with Gasteiger partial charge in [-0.25, -0.2) is 0 Å². The molecule has 14 heavy (non-hydrogen) atoms. The van der Waals surface area contributed by atoms with Crippen LogP contribution in [-0.2, 0) is 0 Å². The Hall–Kier alpha value is 0. The van der Waals surface area contributed by atoms with E-state index < -0.39 is 0 Å². The Morgan fingerprint density at radius 3 is 0.857 bits per heavy atom. The first-order valence-electron chi connectivity index (χ1n) is 6.72. The fourth-order valence-electron chi connectivity index (χ4n) is 0.289. The largest absolute Gasteiger partial charge is 0.0683 e. The SMILES string of the molecule is CC.CC.CCC(C)CC.CCCC. The summed E-state index contributed by atoms with van der Waals surface area (Å²) in [5, 5.41) is 0. The van der Waals surface area contributed by atoms with E-state index in [-0.39, 0.29) is 0 Å². The van der Waals surface area contributed by atoms with Crippen LogP contribution in [0.2, 0.25) is 0 Å². The van der Waals surface area contributed by atoms with Gasteiger partial charge in [-0.2, -0.15) is 0 Å². The lowest BCUT2D eigenvalue weighted by molar-refractivity contribution is 0.544. The summed E-state index contributed by atoms with van der Waals surface area (Å²) in [7, 11) is 0. The molecule has 0 fully saturated rings. The maximum Gasteiger partial charge on any atom is -0.0448 e. The predicted molar refractivity (Wildman–Crippen MR) is 73.0 cm³/mol. The van der Waals surface area contributed by atoms with Gasteiger partial charge < -0.3 is 0 Å². The molecule has 0 aromatic rings. The molecule has 92 valence electrons. The second-order valence-corrected chi connectivity index (χ2v) is 2.92. The molecule has 0 aliphatic heterocycles. The van der Waals surface area contributed by atoms with Gasteiger partial charge in [0, 0.05) is 0 Å². The standard InChI is InChI=1S/C6H14.C4H10.2C2H6/c1-4-6(3)5-2;1-3-4-2;2*1-2/h6H,4-5H2,1-3H3;3-4H2,1-2H3;2*1-2H3. The fraction of sp³-hybridized carbons (Fsp3) is 1.00. The second-order valence-electron chi connectivity index (χ2n) is 2.92. The van der Waals surface area contributed by atoms with Crippen LogP contribution in [0.4, 0.5) is 0 Å². The van der Waals surface area contributed by atoms with Crippen molar-refractivity contribution < 1.29 is 0 Å². The van der Waals surface area contributed by atoms with Crippen LogP contribution in [0.5, 0.6) is 0 Å². The van der Waals surface area contributed by atoms with E-state index in [2.05, 4.69) is 34.6 Å². The van der Waals surface area contributed by atoms with Crippen LogP contribution < -0.4 is 0 Å². The summed E-state index contributed by atoms with van der Waals surface area (Å²) in [6.07, 6.45) is 5.30. The average Bonchev–Trinajstić information content (AvgIpc) is 2.33. The monoisotopic (exact) mass is 204 g/mol. The number of hydrogen-bond acceptors (Lipinski definition) is 0. The highest BCUT2D eigenvalue weighted by Crippen LogP contribution is 2.02. The first-order valence-corrected chi connectivity index (χ1v) is 6.72. The van der Waals surface area contributed by atoms with E-state index in [0.717, 1.165) is 5.92 Å². The topological polar surface area (TPSA) is 0 Å². The minimum absolute atomic E-state index is 0.935. The van der Waals surface area contributed by atoms with Crippen molar-refractivity contribution in [2.45, 2.75) is 88.0 Å². The zero-order valence-corrected chi connectivity index (χ0v) is 12.4.